The van der Waals surface area contributed by atoms with Crippen molar-refractivity contribution in [3.05, 3.63) is 41.5 Å². The minimum absolute atomic E-state index is 0. The molecular formula is C11H8KNO2. The molecule has 3 nitrogen and oxygen atoms in total. The molecule has 0 atom stereocenters. The van der Waals surface area contributed by atoms with Crippen molar-refractivity contribution in [2.45, 2.75) is 6.92 Å². The number of carboxylic acids is 1. The Labute approximate surface area is 131 Å². The van der Waals surface area contributed by atoms with Crippen LogP contribution in [-0.2, 0) is 4.79 Å². The molecule has 0 aliphatic rings. The quantitative estimate of drug-likeness (QED) is 0.322. The van der Waals surface area contributed by atoms with Gasteiger partial charge in [0.2, 0.25) is 0 Å². The van der Waals surface area contributed by atoms with Gasteiger partial charge in [-0.2, -0.15) is 5.26 Å². The van der Waals surface area contributed by atoms with E-state index in [1.807, 2.05) is 25.1 Å². The van der Waals surface area contributed by atoms with E-state index < -0.39 is 5.97 Å². The third-order valence-electron chi connectivity index (χ3n) is 1.75. The van der Waals surface area contributed by atoms with Crippen molar-refractivity contribution < 1.29 is 61.3 Å². The molecule has 1 rings (SSSR count). The van der Waals surface area contributed by atoms with Gasteiger partial charge >= 0.3 is 51.4 Å². The number of hydrogen-bond donors (Lipinski definition) is 0. The van der Waals surface area contributed by atoms with Crippen molar-refractivity contribution in [1.29, 1.82) is 5.26 Å². The van der Waals surface area contributed by atoms with Gasteiger partial charge in [-0.05, 0) is 18.6 Å². The Balaban J connectivity index is 0.00000196. The van der Waals surface area contributed by atoms with Gasteiger partial charge in [-0.25, -0.2) is 0 Å². The van der Waals surface area contributed by atoms with Crippen LogP contribution in [0.3, 0.4) is 0 Å². The SMILES string of the molecule is Cc1ccc(/C(C#N)=C/C(=O)[O-])cc1.[K+]. The van der Waals surface area contributed by atoms with Gasteiger partial charge in [0.05, 0.1) is 17.6 Å². The zero-order chi connectivity index (χ0) is 10.6. The number of hydrogen-bond acceptors (Lipinski definition) is 3. The first-order valence-corrected chi connectivity index (χ1v) is 4.03. The fourth-order valence-electron chi connectivity index (χ4n) is 1.03. The smallest absolute Gasteiger partial charge is 0.545 e. The summed E-state index contributed by atoms with van der Waals surface area (Å²) in [6, 6.07) is 8.84. The van der Waals surface area contributed by atoms with Gasteiger partial charge in [0.25, 0.3) is 0 Å². The molecular weight excluding hydrogens is 217 g/mol. The maximum Gasteiger partial charge on any atom is 1.00 e. The standard InChI is InChI=1S/C11H9NO2.K/c1-8-2-4-9(5-3-8)10(7-12)6-11(13)14;/h2-6H,1H3,(H,13,14);/q;+1/p-1/b10-6+;. The molecule has 0 bridgehead atoms. The summed E-state index contributed by atoms with van der Waals surface area (Å²) in [7, 11) is 0. The number of allylic oxidation sites excluding steroid dienone is 1. The maximum atomic E-state index is 10.3. The molecule has 0 N–H and O–H groups in total. The molecule has 0 aliphatic carbocycles. The molecule has 1 aromatic rings. The molecule has 0 aliphatic heterocycles. The summed E-state index contributed by atoms with van der Waals surface area (Å²) in [4.78, 5) is 10.3. The third-order valence-corrected chi connectivity index (χ3v) is 1.75. The van der Waals surface area contributed by atoms with Crippen molar-refractivity contribution in [1.82, 2.24) is 0 Å². The van der Waals surface area contributed by atoms with E-state index in [1.54, 1.807) is 12.1 Å². The predicted molar refractivity (Wildman–Crippen MR) is 49.8 cm³/mol. The van der Waals surface area contributed by atoms with E-state index in [4.69, 9.17) is 5.26 Å². The minimum Gasteiger partial charge on any atom is -0.545 e. The Bertz CT molecular complexity index is 415. The van der Waals surface area contributed by atoms with Crippen molar-refractivity contribution in [3.8, 4) is 6.07 Å². The number of rotatable bonds is 2. The molecule has 0 unspecified atom stereocenters. The van der Waals surface area contributed by atoms with E-state index in [9.17, 15) is 9.90 Å². The van der Waals surface area contributed by atoms with Gasteiger partial charge in [0, 0.05) is 0 Å². The second-order valence-corrected chi connectivity index (χ2v) is 2.85. The van der Waals surface area contributed by atoms with Crippen LogP contribution in [0.1, 0.15) is 11.1 Å². The maximum absolute atomic E-state index is 10.3. The van der Waals surface area contributed by atoms with Gasteiger partial charge in [0.1, 0.15) is 0 Å². The summed E-state index contributed by atoms with van der Waals surface area (Å²) in [6.45, 7) is 1.91. The monoisotopic (exact) mass is 225 g/mol. The molecule has 70 valence electrons. The third kappa shape index (κ3) is 4.73. The zero-order valence-electron chi connectivity index (χ0n) is 8.65. The molecule has 0 radical (unpaired) electrons. The Morgan fingerprint density at radius 2 is 1.93 bits per heavy atom. The average molecular weight is 225 g/mol. The number of carboxylic acid groups (broad SMARTS) is 1. The van der Waals surface area contributed by atoms with Crippen molar-refractivity contribution in [2.24, 2.45) is 0 Å². The van der Waals surface area contributed by atoms with Gasteiger partial charge in [-0.15, -0.1) is 0 Å². The molecule has 0 fully saturated rings. The Morgan fingerprint density at radius 3 is 2.33 bits per heavy atom. The summed E-state index contributed by atoms with van der Waals surface area (Å²) in [6.07, 6.45) is 0.796. The molecule has 15 heavy (non-hydrogen) atoms. The van der Waals surface area contributed by atoms with Gasteiger partial charge < -0.3 is 9.90 Å². The van der Waals surface area contributed by atoms with Gasteiger partial charge in [0.15, 0.2) is 0 Å². The molecule has 0 heterocycles. The van der Waals surface area contributed by atoms with Crippen LogP contribution in [0.5, 0.6) is 0 Å². The first-order valence-electron chi connectivity index (χ1n) is 4.03. The number of carbonyl (C=O) groups is 1. The van der Waals surface area contributed by atoms with Crippen LogP contribution in [0.15, 0.2) is 30.3 Å². The number of nitriles is 1. The summed E-state index contributed by atoms with van der Waals surface area (Å²) in [5.41, 5.74) is 1.74. The molecule has 4 heteroatoms. The number of nitrogens with zero attached hydrogens (tertiary/aromatic N) is 1. The predicted octanol–water partition coefficient (Wildman–Crippen LogP) is -2.34. The van der Waals surface area contributed by atoms with Crippen LogP contribution in [0, 0.1) is 18.3 Å². The number of aryl methyl sites for hydroxylation is 1. The zero-order valence-corrected chi connectivity index (χ0v) is 11.8. The van der Waals surface area contributed by atoms with Crippen LogP contribution >= 0.6 is 0 Å². The van der Waals surface area contributed by atoms with E-state index in [0.717, 1.165) is 11.6 Å². The number of aliphatic carboxylic acids is 1. The topological polar surface area (TPSA) is 63.9 Å². The average Bonchev–Trinajstić information content (AvgIpc) is 2.15. The van der Waals surface area contributed by atoms with Crippen LogP contribution in [0.25, 0.3) is 5.57 Å². The fourth-order valence-corrected chi connectivity index (χ4v) is 1.03. The van der Waals surface area contributed by atoms with Crippen LogP contribution in [-0.4, -0.2) is 5.97 Å². The molecule has 0 spiro atoms. The van der Waals surface area contributed by atoms with Crippen LogP contribution < -0.4 is 56.5 Å². The van der Waals surface area contributed by atoms with Gasteiger partial charge in [-0.1, -0.05) is 29.8 Å². The molecule has 0 saturated carbocycles. The van der Waals surface area contributed by atoms with E-state index in [2.05, 4.69) is 0 Å². The first-order chi connectivity index (χ1) is 6.63. The van der Waals surface area contributed by atoms with Gasteiger partial charge in [-0.3, -0.25) is 0 Å². The molecule has 0 saturated heterocycles. The summed E-state index contributed by atoms with van der Waals surface area (Å²) in [5.74, 6) is -1.36. The Morgan fingerprint density at radius 1 is 1.40 bits per heavy atom. The Kier molecular flexibility index (Phi) is 6.73. The largest absolute Gasteiger partial charge is 1.00 e. The van der Waals surface area contributed by atoms with E-state index in [1.165, 1.54) is 0 Å². The number of carbonyl (C=O) groups excluding carboxylic acids is 1. The molecule has 0 amide bonds. The second kappa shape index (κ2) is 6.93. The van der Waals surface area contributed by atoms with Crippen molar-refractivity contribution in [2.75, 3.05) is 0 Å². The minimum atomic E-state index is -1.36. The first kappa shape index (κ1) is 14.6. The summed E-state index contributed by atoms with van der Waals surface area (Å²) in [5, 5.41) is 19.0. The fraction of sp³-hybridized carbons (Fsp3) is 0.0909. The van der Waals surface area contributed by atoms with Crippen LogP contribution in [0.2, 0.25) is 0 Å². The van der Waals surface area contributed by atoms with E-state index in [-0.39, 0.29) is 57.0 Å². The van der Waals surface area contributed by atoms with E-state index >= 15 is 0 Å². The Hall–Kier alpha value is -0.444. The second-order valence-electron chi connectivity index (χ2n) is 2.85. The normalized spacial score (nSPS) is 10.0. The summed E-state index contributed by atoms with van der Waals surface area (Å²) >= 11 is 0. The van der Waals surface area contributed by atoms with E-state index in [0.29, 0.717) is 5.56 Å². The van der Waals surface area contributed by atoms with Crippen molar-refractivity contribution >= 4 is 11.5 Å². The number of benzene rings is 1. The molecule has 1 aromatic carbocycles. The van der Waals surface area contributed by atoms with Crippen molar-refractivity contribution in [3.63, 3.8) is 0 Å². The summed E-state index contributed by atoms with van der Waals surface area (Å²) < 4.78 is 0. The molecule has 0 aromatic heterocycles. The van der Waals surface area contributed by atoms with Crippen LogP contribution in [0.4, 0.5) is 0 Å².